The van der Waals surface area contributed by atoms with Crippen LogP contribution in [-0.4, -0.2) is 51.9 Å². The Labute approximate surface area is 157 Å². The number of nitrogens with one attached hydrogen (secondary N) is 1. The summed E-state index contributed by atoms with van der Waals surface area (Å²) in [5.41, 5.74) is 1.14. The number of aryl methyl sites for hydroxylation is 2. The fourth-order valence-corrected chi connectivity index (χ4v) is 4.65. The van der Waals surface area contributed by atoms with Crippen LogP contribution in [0.3, 0.4) is 0 Å². The Bertz CT molecular complexity index is 827. The van der Waals surface area contributed by atoms with Gasteiger partial charge in [-0.2, -0.15) is 0 Å². The summed E-state index contributed by atoms with van der Waals surface area (Å²) in [6, 6.07) is 0. The number of aliphatic hydroxyl groups excluding tert-OH is 1. The van der Waals surface area contributed by atoms with Gasteiger partial charge in [0.25, 0.3) is 5.56 Å². The van der Waals surface area contributed by atoms with E-state index in [1.54, 1.807) is 17.4 Å². The minimum Gasteiger partial charge on any atom is -0.389 e. The van der Waals surface area contributed by atoms with Gasteiger partial charge < -0.3 is 14.8 Å². The number of nitrogens with zero attached hydrogens (tertiary/aromatic N) is 2. The van der Waals surface area contributed by atoms with Gasteiger partial charge in [0.05, 0.1) is 30.7 Å². The second kappa shape index (κ2) is 8.43. The van der Waals surface area contributed by atoms with Gasteiger partial charge in [-0.3, -0.25) is 9.69 Å². The SMILES string of the molecule is C=CCN(Cc1nc2sc3c(c2c(=O)[nH]1)CCC3)C[C@H](O)COC(C)C. The zero-order valence-corrected chi connectivity index (χ0v) is 16.3. The molecule has 2 N–H and O–H groups in total. The van der Waals surface area contributed by atoms with Crippen LogP contribution < -0.4 is 5.56 Å². The standard InChI is InChI=1S/C19H27N3O3S/c1-4-8-22(9-13(23)11-25-12(2)3)10-16-20-18(24)17-14-6-5-7-15(14)26-19(17)21-16/h4,12-13,23H,1,5-11H2,2-3H3,(H,20,21,24)/t13-/m0/s1. The third-order valence-electron chi connectivity index (χ3n) is 4.48. The maximum absolute atomic E-state index is 12.6. The Morgan fingerprint density at radius 3 is 3.00 bits per heavy atom. The van der Waals surface area contributed by atoms with Crippen LogP contribution in [0.15, 0.2) is 17.4 Å². The highest BCUT2D eigenvalue weighted by atomic mass is 32.1. The molecule has 0 unspecified atom stereocenters. The number of aromatic nitrogens is 2. The Morgan fingerprint density at radius 1 is 1.46 bits per heavy atom. The predicted octanol–water partition coefficient (Wildman–Crippen LogP) is 2.25. The van der Waals surface area contributed by atoms with Crippen molar-refractivity contribution in [3.05, 3.63) is 39.3 Å². The summed E-state index contributed by atoms with van der Waals surface area (Å²) in [5, 5.41) is 11.0. The normalized spacial score (nSPS) is 15.1. The van der Waals surface area contributed by atoms with Crippen molar-refractivity contribution in [2.24, 2.45) is 0 Å². The van der Waals surface area contributed by atoms with Crippen LogP contribution in [-0.2, 0) is 24.1 Å². The average Bonchev–Trinajstić information content (AvgIpc) is 3.13. The first-order chi connectivity index (χ1) is 12.5. The Balaban J connectivity index is 1.74. The average molecular weight is 378 g/mol. The number of fused-ring (bicyclic) bond motifs is 3. The van der Waals surface area contributed by atoms with Gasteiger partial charge >= 0.3 is 0 Å². The van der Waals surface area contributed by atoms with Gasteiger partial charge in [-0.15, -0.1) is 17.9 Å². The zero-order chi connectivity index (χ0) is 18.7. The van der Waals surface area contributed by atoms with E-state index in [0.717, 1.165) is 29.5 Å². The van der Waals surface area contributed by atoms with Gasteiger partial charge in [0.15, 0.2) is 0 Å². The lowest BCUT2D eigenvalue weighted by Crippen LogP contribution is -2.36. The van der Waals surface area contributed by atoms with E-state index in [0.29, 0.717) is 25.5 Å². The van der Waals surface area contributed by atoms with Crippen molar-refractivity contribution in [2.45, 2.75) is 51.9 Å². The molecule has 0 saturated heterocycles. The molecular weight excluding hydrogens is 350 g/mol. The van der Waals surface area contributed by atoms with Crippen molar-refractivity contribution in [1.82, 2.24) is 14.9 Å². The summed E-state index contributed by atoms with van der Waals surface area (Å²) >= 11 is 1.64. The van der Waals surface area contributed by atoms with Crippen molar-refractivity contribution in [3.63, 3.8) is 0 Å². The van der Waals surface area contributed by atoms with Crippen LogP contribution in [0.4, 0.5) is 0 Å². The fourth-order valence-electron chi connectivity index (χ4n) is 3.37. The number of rotatable bonds is 9. The van der Waals surface area contributed by atoms with Crippen LogP contribution in [0.25, 0.3) is 10.2 Å². The van der Waals surface area contributed by atoms with Gasteiger partial charge in [-0.1, -0.05) is 6.08 Å². The third-order valence-corrected chi connectivity index (χ3v) is 5.66. The molecule has 142 valence electrons. The molecule has 2 heterocycles. The number of hydrogen-bond acceptors (Lipinski definition) is 6. The van der Waals surface area contributed by atoms with Crippen molar-refractivity contribution >= 4 is 21.6 Å². The van der Waals surface area contributed by atoms with Gasteiger partial charge in [-0.05, 0) is 38.7 Å². The number of aliphatic hydroxyl groups is 1. The molecule has 0 saturated carbocycles. The summed E-state index contributed by atoms with van der Waals surface area (Å²) in [5.74, 6) is 0.626. The summed E-state index contributed by atoms with van der Waals surface area (Å²) < 4.78 is 5.47. The molecule has 0 radical (unpaired) electrons. The Kier molecular flexibility index (Phi) is 6.24. The minimum absolute atomic E-state index is 0.0494. The number of thiophene rings is 1. The van der Waals surface area contributed by atoms with Crippen molar-refractivity contribution < 1.29 is 9.84 Å². The van der Waals surface area contributed by atoms with E-state index in [2.05, 4.69) is 16.5 Å². The molecule has 3 rings (SSSR count). The lowest BCUT2D eigenvalue weighted by molar-refractivity contribution is -0.00834. The Hall–Kier alpha value is -1.54. The van der Waals surface area contributed by atoms with E-state index < -0.39 is 6.10 Å². The number of ether oxygens (including phenoxy) is 1. The lowest BCUT2D eigenvalue weighted by atomic mass is 10.2. The first-order valence-electron chi connectivity index (χ1n) is 9.14. The molecule has 0 aromatic carbocycles. The van der Waals surface area contributed by atoms with Crippen LogP contribution in [0.2, 0.25) is 0 Å². The largest absolute Gasteiger partial charge is 0.389 e. The third kappa shape index (κ3) is 4.40. The highest BCUT2D eigenvalue weighted by molar-refractivity contribution is 7.18. The van der Waals surface area contributed by atoms with E-state index in [1.165, 1.54) is 10.4 Å². The van der Waals surface area contributed by atoms with Crippen LogP contribution in [0, 0.1) is 0 Å². The summed E-state index contributed by atoms with van der Waals surface area (Å²) in [6.07, 6.45) is 4.42. The first kappa shape index (κ1) is 19.2. The van der Waals surface area contributed by atoms with Crippen molar-refractivity contribution in [3.8, 4) is 0 Å². The monoisotopic (exact) mass is 377 g/mol. The highest BCUT2D eigenvalue weighted by Crippen LogP contribution is 2.34. The van der Waals surface area contributed by atoms with Crippen LogP contribution in [0.1, 0.15) is 36.5 Å². The molecular formula is C19H27N3O3S. The minimum atomic E-state index is -0.599. The number of H-pyrrole nitrogens is 1. The summed E-state index contributed by atoms with van der Waals surface area (Å²) in [7, 11) is 0. The molecule has 1 aliphatic carbocycles. The molecule has 0 aliphatic heterocycles. The Morgan fingerprint density at radius 2 is 2.27 bits per heavy atom. The molecule has 0 spiro atoms. The van der Waals surface area contributed by atoms with Crippen molar-refractivity contribution in [2.75, 3.05) is 19.7 Å². The molecule has 1 atom stereocenters. The maximum Gasteiger partial charge on any atom is 0.259 e. The van der Waals surface area contributed by atoms with Gasteiger partial charge in [0.1, 0.15) is 10.7 Å². The molecule has 6 nitrogen and oxygen atoms in total. The summed E-state index contributed by atoms with van der Waals surface area (Å²) in [4.78, 5) is 24.3. The molecule has 1 aliphatic rings. The van der Waals surface area contributed by atoms with Crippen LogP contribution in [0.5, 0.6) is 0 Å². The molecule has 2 aromatic heterocycles. The van der Waals surface area contributed by atoms with Gasteiger partial charge in [-0.25, -0.2) is 4.98 Å². The zero-order valence-electron chi connectivity index (χ0n) is 15.5. The van der Waals surface area contributed by atoms with E-state index in [1.807, 2.05) is 18.7 Å². The summed E-state index contributed by atoms with van der Waals surface area (Å²) in [6.45, 7) is 9.43. The smallest absolute Gasteiger partial charge is 0.259 e. The first-order valence-corrected chi connectivity index (χ1v) is 9.96. The molecule has 0 bridgehead atoms. The quantitative estimate of drug-likeness (QED) is 0.656. The van der Waals surface area contributed by atoms with E-state index in [4.69, 9.17) is 4.74 Å². The number of hydrogen-bond donors (Lipinski definition) is 2. The number of aromatic amines is 1. The van der Waals surface area contributed by atoms with Gasteiger partial charge in [0.2, 0.25) is 0 Å². The topological polar surface area (TPSA) is 78.5 Å². The van der Waals surface area contributed by atoms with Crippen molar-refractivity contribution in [1.29, 1.82) is 0 Å². The van der Waals surface area contributed by atoms with Gasteiger partial charge in [0, 0.05) is 18.0 Å². The van der Waals surface area contributed by atoms with E-state index >= 15 is 0 Å². The maximum atomic E-state index is 12.6. The lowest BCUT2D eigenvalue weighted by Gasteiger charge is -2.23. The van der Waals surface area contributed by atoms with E-state index in [-0.39, 0.29) is 18.3 Å². The second-order valence-electron chi connectivity index (χ2n) is 7.07. The fraction of sp³-hybridized carbons (Fsp3) is 0.579. The molecule has 2 aromatic rings. The molecule has 0 amide bonds. The molecule has 7 heteroatoms. The molecule has 0 fully saturated rings. The second-order valence-corrected chi connectivity index (χ2v) is 8.15. The predicted molar refractivity (Wildman–Crippen MR) is 105 cm³/mol. The van der Waals surface area contributed by atoms with Crippen LogP contribution >= 0.6 is 11.3 Å². The molecule has 26 heavy (non-hydrogen) atoms. The van der Waals surface area contributed by atoms with E-state index in [9.17, 15) is 9.90 Å². The highest BCUT2D eigenvalue weighted by Gasteiger charge is 2.21.